The number of pyridine rings is 3. The molecule has 3 aromatic heterocycles. The number of nitriles is 2. The van der Waals surface area contributed by atoms with Crippen LogP contribution >= 0.6 is 11.6 Å². The van der Waals surface area contributed by atoms with Crippen LogP contribution in [0.15, 0.2) is 91.0 Å². The van der Waals surface area contributed by atoms with Gasteiger partial charge in [0.1, 0.15) is 34.3 Å². The van der Waals surface area contributed by atoms with Crippen molar-refractivity contribution in [3.05, 3.63) is 147 Å². The molecule has 3 aliphatic heterocycles. The normalized spacial score (nSPS) is 21.1. The molecule has 3 saturated carbocycles. The summed E-state index contributed by atoms with van der Waals surface area (Å²) in [5.41, 5.74) is 22.8. The quantitative estimate of drug-likeness (QED) is 0.0318. The molecule has 0 bridgehead atoms. The molecule has 109 heavy (non-hydrogen) atoms. The Morgan fingerprint density at radius 2 is 0.817 bits per heavy atom. The van der Waals surface area contributed by atoms with Gasteiger partial charge in [0.15, 0.2) is 40.7 Å². The molecule has 3 saturated heterocycles. The van der Waals surface area contributed by atoms with Crippen molar-refractivity contribution in [3.8, 4) is 12.1 Å². The summed E-state index contributed by atoms with van der Waals surface area (Å²) < 4.78 is 54.5. The molecule has 6 aliphatic rings. The van der Waals surface area contributed by atoms with E-state index in [0.717, 1.165) is 164 Å². The summed E-state index contributed by atoms with van der Waals surface area (Å²) in [5.74, 6) is -0.114. The van der Waals surface area contributed by atoms with Gasteiger partial charge in [-0.25, -0.2) is 37.7 Å². The topological polar surface area (TPSA) is 328 Å². The van der Waals surface area contributed by atoms with E-state index in [9.17, 15) is 32.8 Å². The Hall–Kier alpha value is -9.18. The molecule has 588 valence electrons. The maximum absolute atomic E-state index is 15.0. The number of nitrogens with one attached hydrogen (secondary N) is 7. The fourth-order valence-electron chi connectivity index (χ4n) is 14.8. The van der Waals surface area contributed by atoms with Crippen molar-refractivity contribution in [2.75, 3.05) is 92.7 Å². The first kappa shape index (κ1) is 83.9. The molecule has 13 N–H and O–H groups in total. The third kappa shape index (κ3) is 25.7. The monoisotopic (exact) mass is 1520 g/mol. The molecule has 6 fully saturated rings. The minimum Gasteiger partial charge on any atom is -0.444 e. The molecule has 6 aromatic rings. The minimum atomic E-state index is -0.734. The molecule has 3 aliphatic carbocycles. The van der Waals surface area contributed by atoms with E-state index in [-0.39, 0.29) is 87.2 Å². The second kappa shape index (κ2) is 39.4. The van der Waals surface area contributed by atoms with Crippen molar-refractivity contribution in [2.45, 2.75) is 222 Å². The lowest BCUT2D eigenvalue weighted by molar-refractivity contribution is 0.0477. The minimum absolute atomic E-state index is 0.0142. The van der Waals surface area contributed by atoms with Gasteiger partial charge in [0, 0.05) is 41.2 Å². The number of rotatable bonds is 16. The molecule has 3 aromatic carbocycles. The highest BCUT2D eigenvalue weighted by Gasteiger charge is 2.33. The number of nitrogens with zero attached hydrogens (tertiary/aromatic N) is 8. The largest absolute Gasteiger partial charge is 0.444 e. The number of alkyl carbamates (subject to hydrolysis) is 2. The second-order valence-corrected chi connectivity index (χ2v) is 32.2. The number of primary amides is 1. The highest BCUT2D eigenvalue weighted by Crippen LogP contribution is 2.35. The Balaban J connectivity index is 0.000000175. The number of carbonyl (C=O) groups is 3. The van der Waals surface area contributed by atoms with Crippen LogP contribution in [0, 0.1) is 40.1 Å². The van der Waals surface area contributed by atoms with Gasteiger partial charge in [-0.3, -0.25) is 4.79 Å². The molecule has 3 amide bonds. The standard InChI is InChI=1S/C29H39FN6O2.C24H33FN6O.C17H22ClFN4O2.C12H18N2/c1-29(2,3)38-28(37)34-25-8-6-5-7-24(25)33-27-23(30)17-21(18-31)26(35-27)32-22-11-9-19(10-12-22)20-13-15-36(4)16-14-20;1-31-12-10-16(11-13-31)15-6-8-17(9-7-15)28-23-18(22(27)32)14-19(25)24(30-23)29-21-5-3-2-4-20(21)26;1-17(2,3)25-16(24)22-13-7-5-4-6-12(13)21-15-11(19)8-10(9-20)14(18)23-15;1-14-8-6-11(7-9-14)10-2-4-12(13)5-3-10/h9-12,17,20,24-25H,5-8,13-16H2,1-4H3,(H,34,37)(H2,32,33,35);6-9,14,16,20-21H,2-5,10-13,26H2,1H3,(H2,27,32)(H2,28,29,30);8,12-13H,4-7H2,1-3H3,(H,21,23)(H,22,24);2-5,11H,6-9,13H2,1H3/t24-,25+;20-,21+;12-,13+;/m101./s1. The Bertz CT molecular complexity index is 4050. The number of hydrogen-bond acceptors (Lipinski definition) is 20. The molecular weight excluding hydrogens is 1410 g/mol. The van der Waals surface area contributed by atoms with E-state index in [1.807, 2.05) is 63.2 Å². The van der Waals surface area contributed by atoms with Gasteiger partial charge < -0.3 is 78.6 Å². The zero-order valence-electron chi connectivity index (χ0n) is 64.7. The zero-order chi connectivity index (χ0) is 78.5. The van der Waals surface area contributed by atoms with Crippen molar-refractivity contribution in [1.82, 2.24) is 40.3 Å². The third-order valence-corrected chi connectivity index (χ3v) is 21.3. The van der Waals surface area contributed by atoms with Gasteiger partial charge in [-0.05, 0) is 268 Å². The molecule has 6 heterocycles. The molecule has 6 atom stereocenters. The number of aromatic nitrogens is 3. The van der Waals surface area contributed by atoms with Gasteiger partial charge in [-0.1, -0.05) is 86.5 Å². The Labute approximate surface area is 646 Å². The number of hydrogen-bond donors (Lipinski definition) is 10. The van der Waals surface area contributed by atoms with E-state index in [1.54, 1.807) is 26.8 Å². The van der Waals surface area contributed by atoms with Crippen LogP contribution < -0.4 is 54.4 Å². The average Bonchev–Trinajstić information content (AvgIpc) is 0.790. The van der Waals surface area contributed by atoms with Crippen LogP contribution in [-0.4, -0.2) is 156 Å². The highest BCUT2D eigenvalue weighted by molar-refractivity contribution is 6.30. The predicted molar refractivity (Wildman–Crippen MR) is 426 cm³/mol. The number of carbonyl (C=O) groups excluding carboxylic acids is 3. The van der Waals surface area contributed by atoms with E-state index in [0.29, 0.717) is 11.8 Å². The van der Waals surface area contributed by atoms with Gasteiger partial charge in [0.25, 0.3) is 5.91 Å². The third-order valence-electron chi connectivity index (χ3n) is 21.0. The van der Waals surface area contributed by atoms with Crippen LogP contribution in [0.3, 0.4) is 0 Å². The lowest BCUT2D eigenvalue weighted by Crippen LogP contribution is -2.50. The van der Waals surface area contributed by atoms with Gasteiger partial charge in [-0.15, -0.1) is 0 Å². The number of anilines is 8. The second-order valence-electron chi connectivity index (χ2n) is 31.8. The van der Waals surface area contributed by atoms with Crippen molar-refractivity contribution in [3.63, 3.8) is 0 Å². The van der Waals surface area contributed by atoms with Crippen LogP contribution in [0.1, 0.15) is 213 Å². The van der Waals surface area contributed by atoms with Crippen LogP contribution in [0.25, 0.3) is 0 Å². The summed E-state index contributed by atoms with van der Waals surface area (Å²) >= 11 is 5.88. The lowest BCUT2D eigenvalue weighted by atomic mass is 9.89. The summed E-state index contributed by atoms with van der Waals surface area (Å²) in [6, 6.07) is 31.0. The molecule has 12 rings (SSSR count). The maximum Gasteiger partial charge on any atom is 0.407 e. The van der Waals surface area contributed by atoms with Crippen molar-refractivity contribution < 1.29 is 37.0 Å². The SMILES string of the molecule is CC(C)(C)OC(=O)N[C@H]1CCCC[C@H]1Nc1nc(Cl)c(C#N)cc1F.CN1CCC(c2ccc(N)cc2)CC1.CN1CCC(c2ccc(Nc3nc(N[C@@H]4CCCC[C@@H]4N)c(F)cc3C(N)=O)cc2)CC1.CN1CCC(c2ccc(Nc3nc(N[C@@H]4CCCC[C@@H]4NC(=O)OC(C)(C)C)c(F)cc3C#N)cc2)CC1. The first-order valence-electron chi connectivity index (χ1n) is 38.5. The van der Waals surface area contributed by atoms with Crippen molar-refractivity contribution in [1.29, 1.82) is 10.5 Å². The number of halogens is 4. The van der Waals surface area contributed by atoms with E-state index in [1.165, 1.54) is 48.7 Å². The molecular formula is C82H112ClF3N18O5. The summed E-state index contributed by atoms with van der Waals surface area (Å²) in [6.45, 7) is 17.7. The van der Waals surface area contributed by atoms with Crippen molar-refractivity contribution in [2.24, 2.45) is 11.5 Å². The lowest BCUT2D eigenvalue weighted by Gasteiger charge is -2.33. The van der Waals surface area contributed by atoms with Gasteiger partial charge in [-0.2, -0.15) is 10.5 Å². The van der Waals surface area contributed by atoms with Gasteiger partial charge >= 0.3 is 12.2 Å². The van der Waals surface area contributed by atoms with Crippen molar-refractivity contribution >= 4 is 75.8 Å². The average molecular weight is 1520 g/mol. The Morgan fingerprint density at radius 3 is 1.21 bits per heavy atom. The van der Waals surface area contributed by atoms with Gasteiger partial charge in [0.2, 0.25) is 0 Å². The molecule has 0 unspecified atom stereocenters. The predicted octanol–water partition coefficient (Wildman–Crippen LogP) is 15.5. The first-order chi connectivity index (χ1) is 52.0. The summed E-state index contributed by atoms with van der Waals surface area (Å²) in [6.07, 6.45) is 16.9. The number of likely N-dealkylation sites (tertiary alicyclic amines) is 3. The Morgan fingerprint density at radius 1 is 0.477 bits per heavy atom. The van der Waals surface area contributed by atoms with Crippen LogP contribution in [-0.2, 0) is 9.47 Å². The summed E-state index contributed by atoms with van der Waals surface area (Å²) in [5, 5.41) is 39.9. The number of nitrogen functional groups attached to an aromatic ring is 1. The number of benzene rings is 3. The zero-order valence-corrected chi connectivity index (χ0v) is 65.4. The highest BCUT2D eigenvalue weighted by atomic mass is 35.5. The van der Waals surface area contributed by atoms with E-state index in [4.69, 9.17) is 43.5 Å². The fraction of sp³-hybridized carbons (Fsp3) is 0.537. The first-order valence-corrected chi connectivity index (χ1v) is 38.9. The van der Waals surface area contributed by atoms with Crippen LogP contribution in [0.5, 0.6) is 0 Å². The smallest absolute Gasteiger partial charge is 0.407 e. The molecule has 0 spiro atoms. The van der Waals surface area contributed by atoms with E-state index < -0.39 is 46.7 Å². The van der Waals surface area contributed by atoms with Gasteiger partial charge in [0.05, 0.1) is 28.8 Å². The number of nitrogens with two attached hydrogens (primary N) is 3. The molecule has 27 heteroatoms. The molecule has 23 nitrogen and oxygen atoms in total. The van der Waals surface area contributed by atoms with E-state index in [2.05, 4.69) is 124 Å². The fourth-order valence-corrected chi connectivity index (χ4v) is 15.0. The maximum atomic E-state index is 15.0. The van der Waals surface area contributed by atoms with E-state index >= 15 is 0 Å². The number of amides is 3. The van der Waals surface area contributed by atoms with Crippen LogP contribution in [0.2, 0.25) is 5.15 Å². The summed E-state index contributed by atoms with van der Waals surface area (Å²) in [7, 11) is 6.50. The number of piperidine rings is 3. The molecule has 0 radical (unpaired) electrons. The van der Waals surface area contributed by atoms with Crippen LogP contribution in [0.4, 0.5) is 68.9 Å². The summed E-state index contributed by atoms with van der Waals surface area (Å²) in [4.78, 5) is 56.2. The Kier molecular flexibility index (Phi) is 30.3. The number of ether oxygens (including phenoxy) is 2.